The predicted molar refractivity (Wildman–Crippen MR) is 118 cm³/mol. The topological polar surface area (TPSA) is 76.9 Å². The van der Waals surface area contributed by atoms with E-state index in [1.54, 1.807) is 0 Å². The minimum Gasteiger partial charge on any atom is -0.309 e. The van der Waals surface area contributed by atoms with Gasteiger partial charge in [-0.15, -0.1) is 0 Å². The molecule has 1 aliphatic rings. The third-order valence-electron chi connectivity index (χ3n) is 5.15. The first-order valence-electron chi connectivity index (χ1n) is 9.81. The van der Waals surface area contributed by atoms with Crippen LogP contribution in [-0.4, -0.2) is 20.7 Å². The molecule has 4 rings (SSSR count). The predicted octanol–water partition coefficient (Wildman–Crippen LogP) is 4.33. The number of pyridine rings is 1. The lowest BCUT2D eigenvalue weighted by Crippen LogP contribution is -2.31. The molecule has 2 heterocycles. The number of carbonyl (C=O) groups is 1. The molecule has 0 unspecified atom stereocenters. The van der Waals surface area contributed by atoms with Crippen molar-refractivity contribution in [2.24, 2.45) is 0 Å². The molecule has 1 aliphatic carbocycles. The van der Waals surface area contributed by atoms with Crippen molar-refractivity contribution in [2.75, 3.05) is 5.32 Å². The zero-order valence-corrected chi connectivity index (χ0v) is 18.1. The normalized spacial score (nSPS) is 13.8. The number of carbonyl (C=O) groups excluding carboxylic acids is 1. The van der Waals surface area contributed by atoms with Gasteiger partial charge >= 0.3 is 0 Å². The number of rotatable bonds is 6. The molecule has 29 heavy (non-hydrogen) atoms. The summed E-state index contributed by atoms with van der Waals surface area (Å²) in [6.07, 6.45) is 4.23. The van der Waals surface area contributed by atoms with Gasteiger partial charge in [-0.05, 0) is 54.0 Å². The van der Waals surface area contributed by atoms with Gasteiger partial charge in [0.05, 0.1) is 11.1 Å². The van der Waals surface area contributed by atoms with Crippen LogP contribution in [0.25, 0.3) is 10.8 Å². The van der Waals surface area contributed by atoms with Crippen LogP contribution in [0.2, 0.25) is 0 Å². The second kappa shape index (κ2) is 8.06. The number of nitrogens with zero attached hydrogens (tertiary/aromatic N) is 3. The molecule has 2 aromatic heterocycles. The summed E-state index contributed by atoms with van der Waals surface area (Å²) >= 11 is 3.46. The highest BCUT2D eigenvalue weighted by Gasteiger charge is 2.23. The maximum Gasteiger partial charge on any atom is 0.275 e. The number of benzene rings is 1. The molecule has 0 atom stereocenters. The number of aromatic nitrogens is 3. The molecule has 0 saturated heterocycles. The van der Waals surface area contributed by atoms with Crippen LogP contribution in [0.3, 0.4) is 0 Å². The van der Waals surface area contributed by atoms with Gasteiger partial charge in [-0.1, -0.05) is 41.9 Å². The monoisotopic (exact) mass is 454 g/mol. The van der Waals surface area contributed by atoms with Gasteiger partial charge in [0, 0.05) is 16.9 Å². The van der Waals surface area contributed by atoms with Crippen molar-refractivity contribution in [2.45, 2.75) is 50.4 Å². The van der Waals surface area contributed by atoms with Crippen molar-refractivity contribution in [3.8, 4) is 0 Å². The summed E-state index contributed by atoms with van der Waals surface area (Å²) in [5, 5.41) is 9.40. The van der Waals surface area contributed by atoms with Crippen LogP contribution in [0, 0.1) is 0 Å². The largest absolute Gasteiger partial charge is 0.309 e. The maximum absolute atomic E-state index is 12.9. The molecule has 0 radical (unpaired) electrons. The van der Waals surface area contributed by atoms with Crippen molar-refractivity contribution >= 4 is 38.4 Å². The van der Waals surface area contributed by atoms with E-state index in [9.17, 15) is 9.59 Å². The minimum absolute atomic E-state index is 0.120. The van der Waals surface area contributed by atoms with Gasteiger partial charge in [0.2, 0.25) is 5.91 Å². The summed E-state index contributed by atoms with van der Waals surface area (Å²) in [7, 11) is 0. The van der Waals surface area contributed by atoms with E-state index < -0.39 is 0 Å². The molecular weight excluding hydrogens is 432 g/mol. The van der Waals surface area contributed by atoms with Crippen molar-refractivity contribution in [1.29, 1.82) is 0 Å². The van der Waals surface area contributed by atoms with E-state index in [0.29, 0.717) is 22.5 Å². The van der Waals surface area contributed by atoms with Crippen LogP contribution in [0.1, 0.15) is 55.3 Å². The SMILES string of the molecule is CC(C)c1nn(CC(=O)Nc2ccc(C3CC3)cn2)c(=O)c2ccc(CBr)cc12. The lowest BCUT2D eigenvalue weighted by molar-refractivity contribution is -0.117. The highest BCUT2D eigenvalue weighted by atomic mass is 79.9. The number of hydrogen-bond acceptors (Lipinski definition) is 4. The van der Waals surface area contributed by atoms with E-state index in [1.165, 1.54) is 23.1 Å². The Hall–Kier alpha value is -2.54. The van der Waals surface area contributed by atoms with Crippen LogP contribution >= 0.6 is 15.9 Å². The van der Waals surface area contributed by atoms with Gasteiger partial charge in [-0.2, -0.15) is 5.10 Å². The standard InChI is InChI=1S/C22H23BrN4O2/c1-13(2)21-18-9-14(10-23)3-7-17(18)22(29)27(26-21)12-20(28)25-19-8-6-16(11-24-19)15-4-5-15/h3,6-9,11,13,15H,4-5,10,12H2,1-2H3,(H,24,25,28). The number of nitrogens with one attached hydrogen (secondary N) is 1. The fraction of sp³-hybridized carbons (Fsp3) is 0.364. The molecule has 1 fully saturated rings. The van der Waals surface area contributed by atoms with Crippen LogP contribution in [0.4, 0.5) is 5.82 Å². The molecule has 1 amide bonds. The minimum atomic E-state index is -0.322. The van der Waals surface area contributed by atoms with Crippen LogP contribution in [0.15, 0.2) is 41.3 Å². The van der Waals surface area contributed by atoms with Crippen molar-refractivity contribution in [1.82, 2.24) is 14.8 Å². The summed E-state index contributed by atoms with van der Waals surface area (Å²) in [6, 6.07) is 9.53. The number of hydrogen-bond donors (Lipinski definition) is 1. The zero-order chi connectivity index (χ0) is 20.5. The van der Waals surface area contributed by atoms with E-state index in [4.69, 9.17) is 0 Å². The second-order valence-corrected chi connectivity index (χ2v) is 8.38. The number of fused-ring (bicyclic) bond motifs is 1. The Morgan fingerprint density at radius 3 is 2.66 bits per heavy atom. The van der Waals surface area contributed by atoms with Gasteiger partial charge in [-0.3, -0.25) is 9.59 Å². The van der Waals surface area contributed by atoms with Gasteiger partial charge < -0.3 is 5.32 Å². The van der Waals surface area contributed by atoms with E-state index in [2.05, 4.69) is 31.3 Å². The lowest BCUT2D eigenvalue weighted by atomic mass is 10.0. The Labute approximate surface area is 177 Å². The molecule has 0 bridgehead atoms. The Morgan fingerprint density at radius 2 is 2.03 bits per heavy atom. The number of alkyl halides is 1. The smallest absolute Gasteiger partial charge is 0.275 e. The molecule has 0 aliphatic heterocycles. The van der Waals surface area contributed by atoms with Gasteiger partial charge in [0.1, 0.15) is 12.4 Å². The second-order valence-electron chi connectivity index (χ2n) is 7.82. The number of halogens is 1. The molecule has 1 aromatic carbocycles. The first kappa shape index (κ1) is 19.8. The Bertz CT molecular complexity index is 1120. The third kappa shape index (κ3) is 4.24. The van der Waals surface area contributed by atoms with E-state index in [1.807, 2.05) is 50.4 Å². The quantitative estimate of drug-likeness (QED) is 0.562. The molecular formula is C22H23BrN4O2. The summed E-state index contributed by atoms with van der Waals surface area (Å²) in [6.45, 7) is 3.91. The Balaban J connectivity index is 1.60. The van der Waals surface area contributed by atoms with Gasteiger partial charge in [-0.25, -0.2) is 9.67 Å². The highest BCUT2D eigenvalue weighted by molar-refractivity contribution is 9.08. The fourth-order valence-corrected chi connectivity index (χ4v) is 3.78. The first-order chi connectivity index (χ1) is 14.0. The van der Waals surface area contributed by atoms with Gasteiger partial charge in [0.25, 0.3) is 5.56 Å². The summed E-state index contributed by atoms with van der Waals surface area (Å²) in [5.41, 5.74) is 2.83. The van der Waals surface area contributed by atoms with E-state index >= 15 is 0 Å². The van der Waals surface area contributed by atoms with Crippen LogP contribution in [0.5, 0.6) is 0 Å². The summed E-state index contributed by atoms with van der Waals surface area (Å²) < 4.78 is 1.25. The van der Waals surface area contributed by atoms with Crippen molar-refractivity contribution < 1.29 is 4.79 Å². The average Bonchev–Trinajstić information content (AvgIpc) is 3.55. The summed E-state index contributed by atoms with van der Waals surface area (Å²) in [4.78, 5) is 29.8. The lowest BCUT2D eigenvalue weighted by Gasteiger charge is -2.14. The highest BCUT2D eigenvalue weighted by Crippen LogP contribution is 2.39. The average molecular weight is 455 g/mol. The van der Waals surface area contributed by atoms with Crippen LogP contribution in [-0.2, 0) is 16.7 Å². The molecule has 1 saturated carbocycles. The number of anilines is 1. The summed E-state index contributed by atoms with van der Waals surface area (Å²) in [5.74, 6) is 0.901. The molecule has 7 heteroatoms. The Morgan fingerprint density at radius 1 is 1.24 bits per heavy atom. The van der Waals surface area contributed by atoms with Crippen molar-refractivity contribution in [3.05, 3.63) is 63.7 Å². The van der Waals surface area contributed by atoms with Crippen molar-refractivity contribution in [3.63, 3.8) is 0 Å². The molecule has 150 valence electrons. The molecule has 6 nitrogen and oxygen atoms in total. The maximum atomic E-state index is 12.9. The van der Waals surface area contributed by atoms with Gasteiger partial charge in [0.15, 0.2) is 0 Å². The Kier molecular flexibility index (Phi) is 5.50. The van der Waals surface area contributed by atoms with Crippen LogP contribution < -0.4 is 10.9 Å². The molecule has 3 aromatic rings. The van der Waals surface area contributed by atoms with E-state index in [-0.39, 0.29) is 23.9 Å². The molecule has 0 spiro atoms. The van der Waals surface area contributed by atoms with E-state index in [0.717, 1.165) is 16.6 Å². The zero-order valence-electron chi connectivity index (χ0n) is 16.5. The third-order valence-corrected chi connectivity index (χ3v) is 5.80. The number of amides is 1. The molecule has 1 N–H and O–H groups in total. The fourth-order valence-electron chi connectivity index (χ4n) is 3.43. The first-order valence-corrected chi connectivity index (χ1v) is 10.9.